The summed E-state index contributed by atoms with van der Waals surface area (Å²) in [5, 5.41) is 4.25. The molecule has 0 saturated carbocycles. The van der Waals surface area contributed by atoms with Crippen molar-refractivity contribution in [3.8, 4) is 0 Å². The van der Waals surface area contributed by atoms with Gasteiger partial charge in [-0.15, -0.1) is 0 Å². The molecular formula is C12H12ClF3N2O. The Hall–Kier alpha value is -1.69. The van der Waals surface area contributed by atoms with E-state index in [0.29, 0.717) is 0 Å². The molecule has 19 heavy (non-hydrogen) atoms. The molecule has 2 amide bonds. The van der Waals surface area contributed by atoms with Gasteiger partial charge in [-0.25, -0.2) is 4.79 Å². The van der Waals surface area contributed by atoms with E-state index in [-0.39, 0.29) is 5.69 Å². The van der Waals surface area contributed by atoms with Gasteiger partial charge in [0.2, 0.25) is 0 Å². The average Bonchev–Trinajstić information content (AvgIpc) is 2.27. The summed E-state index contributed by atoms with van der Waals surface area (Å²) < 4.78 is 37.8. The molecule has 0 aliphatic rings. The molecule has 0 atom stereocenters. The van der Waals surface area contributed by atoms with Crippen LogP contribution >= 0.6 is 11.6 Å². The fourth-order valence-corrected chi connectivity index (χ4v) is 1.42. The summed E-state index contributed by atoms with van der Waals surface area (Å²) in [6.07, 6.45) is -3.12. The number of hydrogen-bond acceptors (Lipinski definition) is 1. The van der Waals surface area contributed by atoms with Gasteiger partial charge >= 0.3 is 12.2 Å². The van der Waals surface area contributed by atoms with Crippen LogP contribution in [0.25, 0.3) is 0 Å². The van der Waals surface area contributed by atoms with Gasteiger partial charge in [-0.3, -0.25) is 0 Å². The highest BCUT2D eigenvalue weighted by atomic mass is 35.5. The topological polar surface area (TPSA) is 41.1 Å². The highest BCUT2D eigenvalue weighted by Gasteiger charge is 2.33. The lowest BCUT2D eigenvalue weighted by molar-refractivity contribution is -0.137. The second kappa shape index (κ2) is 5.97. The van der Waals surface area contributed by atoms with E-state index in [2.05, 4.69) is 10.6 Å². The first-order valence-electron chi connectivity index (χ1n) is 5.28. The second-order valence-corrected chi connectivity index (χ2v) is 4.42. The van der Waals surface area contributed by atoms with Crippen LogP contribution in [0.15, 0.2) is 30.0 Å². The summed E-state index contributed by atoms with van der Waals surface area (Å²) in [7, 11) is 0. The number of alkyl halides is 3. The quantitative estimate of drug-likeness (QED) is 0.833. The van der Waals surface area contributed by atoms with E-state index in [1.807, 2.05) is 0 Å². The van der Waals surface area contributed by atoms with E-state index in [1.165, 1.54) is 12.3 Å². The standard InChI is InChI=1S/C12H12ClF3N2O/c1-7(2)6-17-11(19)18-8-3-4-10(13)9(5-8)12(14,15)16/h3-6H,1-2H3,(H2,17,18,19). The van der Waals surface area contributed by atoms with Crippen molar-refractivity contribution < 1.29 is 18.0 Å². The fourth-order valence-electron chi connectivity index (χ4n) is 1.20. The summed E-state index contributed by atoms with van der Waals surface area (Å²) >= 11 is 5.46. The molecular weight excluding hydrogens is 281 g/mol. The molecule has 2 N–H and O–H groups in total. The molecule has 0 spiro atoms. The number of benzene rings is 1. The van der Waals surface area contributed by atoms with E-state index < -0.39 is 22.8 Å². The van der Waals surface area contributed by atoms with Crippen LogP contribution in [0.4, 0.5) is 23.7 Å². The minimum Gasteiger partial charge on any atom is -0.314 e. The van der Waals surface area contributed by atoms with Crippen LogP contribution in [0.2, 0.25) is 5.02 Å². The van der Waals surface area contributed by atoms with Crippen LogP contribution in [-0.4, -0.2) is 6.03 Å². The lowest BCUT2D eigenvalue weighted by Gasteiger charge is -2.11. The summed E-state index contributed by atoms with van der Waals surface area (Å²) in [6.45, 7) is 3.54. The predicted octanol–water partition coefficient (Wildman–Crippen LogP) is 4.40. The Labute approximate surface area is 113 Å². The fraction of sp³-hybridized carbons (Fsp3) is 0.250. The first kappa shape index (κ1) is 15.4. The van der Waals surface area contributed by atoms with Crippen molar-refractivity contribution in [2.75, 3.05) is 5.32 Å². The first-order valence-corrected chi connectivity index (χ1v) is 5.65. The predicted molar refractivity (Wildman–Crippen MR) is 68.0 cm³/mol. The van der Waals surface area contributed by atoms with Crippen molar-refractivity contribution >= 4 is 23.3 Å². The molecule has 1 rings (SSSR count). The number of halogens is 4. The Morgan fingerprint density at radius 2 is 1.95 bits per heavy atom. The third-order valence-electron chi connectivity index (χ3n) is 2.02. The zero-order valence-corrected chi connectivity index (χ0v) is 11.0. The highest BCUT2D eigenvalue weighted by Crippen LogP contribution is 2.36. The number of carbonyl (C=O) groups excluding carboxylic acids is 1. The van der Waals surface area contributed by atoms with Gasteiger partial charge in [0, 0.05) is 11.9 Å². The molecule has 1 aromatic rings. The third kappa shape index (κ3) is 4.82. The molecule has 0 aromatic heterocycles. The van der Waals surface area contributed by atoms with Gasteiger partial charge in [-0.1, -0.05) is 17.2 Å². The monoisotopic (exact) mass is 292 g/mol. The molecule has 0 aliphatic heterocycles. The number of rotatable bonds is 2. The van der Waals surface area contributed by atoms with Crippen molar-refractivity contribution in [3.05, 3.63) is 40.6 Å². The Kier molecular flexibility index (Phi) is 4.83. The first-order chi connectivity index (χ1) is 8.70. The van der Waals surface area contributed by atoms with E-state index in [4.69, 9.17) is 11.6 Å². The Balaban J connectivity index is 2.86. The normalized spacial score (nSPS) is 10.8. The maximum atomic E-state index is 12.6. The van der Waals surface area contributed by atoms with Crippen LogP contribution in [0.1, 0.15) is 19.4 Å². The van der Waals surface area contributed by atoms with E-state index >= 15 is 0 Å². The zero-order valence-electron chi connectivity index (χ0n) is 10.2. The zero-order chi connectivity index (χ0) is 14.6. The SMILES string of the molecule is CC(C)=CNC(=O)Nc1ccc(Cl)c(C(F)(F)F)c1. The Morgan fingerprint density at radius 3 is 2.47 bits per heavy atom. The molecule has 0 aliphatic carbocycles. The lowest BCUT2D eigenvalue weighted by atomic mass is 10.2. The molecule has 104 valence electrons. The minimum absolute atomic E-state index is 0.0105. The largest absolute Gasteiger partial charge is 0.417 e. The second-order valence-electron chi connectivity index (χ2n) is 4.01. The summed E-state index contributed by atoms with van der Waals surface area (Å²) in [5.41, 5.74) is -0.132. The smallest absolute Gasteiger partial charge is 0.314 e. The maximum Gasteiger partial charge on any atom is 0.417 e. The summed E-state index contributed by atoms with van der Waals surface area (Å²) in [4.78, 5) is 11.4. The van der Waals surface area contributed by atoms with Crippen LogP contribution in [-0.2, 0) is 6.18 Å². The van der Waals surface area contributed by atoms with Crippen molar-refractivity contribution in [2.45, 2.75) is 20.0 Å². The Bertz CT molecular complexity index is 508. The molecule has 7 heteroatoms. The van der Waals surface area contributed by atoms with Gasteiger partial charge in [0.05, 0.1) is 10.6 Å². The van der Waals surface area contributed by atoms with E-state index in [0.717, 1.165) is 17.7 Å². The van der Waals surface area contributed by atoms with Crippen molar-refractivity contribution in [1.82, 2.24) is 5.32 Å². The highest BCUT2D eigenvalue weighted by molar-refractivity contribution is 6.31. The van der Waals surface area contributed by atoms with Gasteiger partial charge < -0.3 is 10.6 Å². The van der Waals surface area contributed by atoms with Gasteiger partial charge in [0.1, 0.15) is 0 Å². The molecule has 0 bridgehead atoms. The van der Waals surface area contributed by atoms with Crippen molar-refractivity contribution in [3.63, 3.8) is 0 Å². The number of carbonyl (C=O) groups is 1. The van der Waals surface area contributed by atoms with Gasteiger partial charge in [0.25, 0.3) is 0 Å². The molecule has 0 fully saturated rings. The van der Waals surface area contributed by atoms with Gasteiger partial charge in [0.15, 0.2) is 0 Å². The molecule has 0 heterocycles. The lowest BCUT2D eigenvalue weighted by Crippen LogP contribution is -2.24. The molecule has 0 radical (unpaired) electrons. The third-order valence-corrected chi connectivity index (χ3v) is 2.35. The molecule has 1 aromatic carbocycles. The average molecular weight is 293 g/mol. The number of anilines is 1. The number of amides is 2. The van der Waals surface area contributed by atoms with E-state index in [1.54, 1.807) is 13.8 Å². The van der Waals surface area contributed by atoms with Crippen molar-refractivity contribution in [2.24, 2.45) is 0 Å². The van der Waals surface area contributed by atoms with Gasteiger partial charge in [-0.2, -0.15) is 13.2 Å². The number of nitrogens with one attached hydrogen (secondary N) is 2. The Morgan fingerprint density at radius 1 is 1.32 bits per heavy atom. The van der Waals surface area contributed by atoms with Crippen LogP contribution in [0, 0.1) is 0 Å². The molecule has 0 unspecified atom stereocenters. The van der Waals surface area contributed by atoms with E-state index in [9.17, 15) is 18.0 Å². The maximum absolute atomic E-state index is 12.6. The van der Waals surface area contributed by atoms with Crippen LogP contribution < -0.4 is 10.6 Å². The number of allylic oxidation sites excluding steroid dienone is 1. The summed E-state index contributed by atoms with van der Waals surface area (Å²) in [6, 6.07) is 2.53. The van der Waals surface area contributed by atoms with Crippen molar-refractivity contribution in [1.29, 1.82) is 0 Å². The molecule has 3 nitrogen and oxygen atoms in total. The van der Waals surface area contributed by atoms with Crippen LogP contribution in [0.3, 0.4) is 0 Å². The number of urea groups is 1. The van der Waals surface area contributed by atoms with Crippen LogP contribution in [0.5, 0.6) is 0 Å². The van der Waals surface area contributed by atoms with Gasteiger partial charge in [-0.05, 0) is 32.0 Å². The summed E-state index contributed by atoms with van der Waals surface area (Å²) in [5.74, 6) is 0. The number of hydrogen-bond donors (Lipinski definition) is 2. The molecule has 0 saturated heterocycles. The minimum atomic E-state index is -4.56.